The maximum Gasteiger partial charge on any atom is 0.240 e. The van der Waals surface area contributed by atoms with Crippen LogP contribution in [0.3, 0.4) is 0 Å². The van der Waals surface area contributed by atoms with Gasteiger partial charge < -0.3 is 20.2 Å². The van der Waals surface area contributed by atoms with Crippen LogP contribution in [0.4, 0.5) is 5.82 Å². The lowest BCUT2D eigenvalue weighted by atomic mass is 10.0. The predicted molar refractivity (Wildman–Crippen MR) is 117 cm³/mol. The molecule has 30 heavy (non-hydrogen) atoms. The molecule has 0 radical (unpaired) electrons. The first-order valence-electron chi connectivity index (χ1n) is 10.5. The minimum atomic E-state index is -0.510. The molecule has 2 aliphatic rings. The molecule has 0 spiro atoms. The first kappa shape index (κ1) is 21.0. The van der Waals surface area contributed by atoms with E-state index in [4.69, 9.17) is 11.6 Å². The molecule has 1 aliphatic carbocycles. The molecule has 8 heteroatoms. The number of hydrogen-bond donors (Lipinski definition) is 2. The van der Waals surface area contributed by atoms with Gasteiger partial charge in [0.2, 0.25) is 5.91 Å². The summed E-state index contributed by atoms with van der Waals surface area (Å²) in [5, 5.41) is 14.1. The van der Waals surface area contributed by atoms with E-state index in [-0.39, 0.29) is 17.9 Å². The Morgan fingerprint density at radius 2 is 1.93 bits per heavy atom. The Morgan fingerprint density at radius 3 is 2.60 bits per heavy atom. The van der Waals surface area contributed by atoms with Gasteiger partial charge in [0.15, 0.2) is 0 Å². The third kappa shape index (κ3) is 4.15. The zero-order valence-electron chi connectivity index (χ0n) is 17.4. The van der Waals surface area contributed by atoms with Gasteiger partial charge in [-0.1, -0.05) is 30.7 Å². The predicted octanol–water partition coefficient (Wildman–Crippen LogP) is 2.15. The summed E-state index contributed by atoms with van der Waals surface area (Å²) in [6.07, 6.45) is 2.34. The summed E-state index contributed by atoms with van der Waals surface area (Å²) in [6.45, 7) is 4.83. The van der Waals surface area contributed by atoms with Crippen LogP contribution in [-0.4, -0.2) is 65.2 Å². The number of likely N-dealkylation sites (N-methyl/N-ethyl adjacent to an activating group) is 1. The number of anilines is 1. The third-order valence-electron chi connectivity index (χ3n) is 6.17. The number of aliphatic hydroxyl groups is 1. The Balaban J connectivity index is 1.41. The van der Waals surface area contributed by atoms with Crippen LogP contribution >= 0.6 is 11.6 Å². The smallest absolute Gasteiger partial charge is 0.240 e. The molecule has 160 valence electrons. The van der Waals surface area contributed by atoms with E-state index in [2.05, 4.69) is 27.1 Å². The largest absolute Gasteiger partial charge is 0.387 e. The minimum Gasteiger partial charge on any atom is -0.387 e. The van der Waals surface area contributed by atoms with Crippen molar-refractivity contribution < 1.29 is 9.90 Å². The topological polar surface area (TPSA) is 81.6 Å². The summed E-state index contributed by atoms with van der Waals surface area (Å²) >= 11 is 5.96. The number of nitrogens with zero attached hydrogens (tertiary/aromatic N) is 4. The number of carbonyl (C=O) groups excluding carboxylic acids is 1. The van der Waals surface area contributed by atoms with Gasteiger partial charge in [0, 0.05) is 36.8 Å². The average Bonchev–Trinajstić information content (AvgIpc) is 3.07. The van der Waals surface area contributed by atoms with Crippen LogP contribution in [0.25, 0.3) is 0 Å². The molecule has 1 amide bonds. The molecule has 1 aromatic carbocycles. The second-order valence-electron chi connectivity index (χ2n) is 8.13. The fraction of sp³-hybridized carbons (Fsp3) is 0.500. The van der Waals surface area contributed by atoms with Gasteiger partial charge in [-0.25, -0.2) is 9.97 Å². The van der Waals surface area contributed by atoms with Crippen molar-refractivity contribution in [1.82, 2.24) is 20.2 Å². The van der Waals surface area contributed by atoms with Gasteiger partial charge in [-0.3, -0.25) is 4.79 Å². The summed E-state index contributed by atoms with van der Waals surface area (Å²) in [4.78, 5) is 26.0. The van der Waals surface area contributed by atoms with E-state index in [1.54, 1.807) is 0 Å². The van der Waals surface area contributed by atoms with Crippen molar-refractivity contribution >= 4 is 23.3 Å². The minimum absolute atomic E-state index is 0.115. The van der Waals surface area contributed by atoms with Gasteiger partial charge in [0.05, 0.1) is 17.8 Å². The molecule has 1 saturated heterocycles. The van der Waals surface area contributed by atoms with Crippen molar-refractivity contribution in [2.75, 3.05) is 38.1 Å². The number of benzene rings is 1. The highest BCUT2D eigenvalue weighted by Gasteiger charge is 2.34. The van der Waals surface area contributed by atoms with Gasteiger partial charge >= 0.3 is 0 Å². The summed E-state index contributed by atoms with van der Waals surface area (Å²) < 4.78 is 0. The Morgan fingerprint density at radius 1 is 1.23 bits per heavy atom. The van der Waals surface area contributed by atoms with Crippen LogP contribution in [-0.2, 0) is 11.2 Å². The molecule has 7 nitrogen and oxygen atoms in total. The van der Waals surface area contributed by atoms with Gasteiger partial charge in [0.1, 0.15) is 12.1 Å². The number of aliphatic hydroxyl groups excluding tert-OH is 1. The third-order valence-corrected chi connectivity index (χ3v) is 6.42. The first-order valence-corrected chi connectivity index (χ1v) is 10.8. The van der Waals surface area contributed by atoms with Crippen molar-refractivity contribution in [2.24, 2.45) is 0 Å². The maximum absolute atomic E-state index is 13.1. The molecule has 1 fully saturated rings. The number of nitrogens with one attached hydrogen (secondary N) is 1. The molecule has 0 bridgehead atoms. The zero-order chi connectivity index (χ0) is 21.3. The summed E-state index contributed by atoms with van der Waals surface area (Å²) in [7, 11) is 1.83. The number of halogens is 1. The van der Waals surface area contributed by atoms with E-state index in [0.717, 1.165) is 35.7 Å². The van der Waals surface area contributed by atoms with Crippen LogP contribution < -0.4 is 10.2 Å². The number of piperazine rings is 1. The normalized spacial score (nSPS) is 22.1. The molecule has 1 aromatic heterocycles. The van der Waals surface area contributed by atoms with Gasteiger partial charge in [-0.2, -0.15) is 0 Å². The Kier molecular flexibility index (Phi) is 6.22. The van der Waals surface area contributed by atoms with E-state index >= 15 is 0 Å². The number of amides is 1. The lowest BCUT2D eigenvalue weighted by Crippen LogP contribution is -2.54. The summed E-state index contributed by atoms with van der Waals surface area (Å²) in [5.41, 5.74) is 2.89. The molecule has 2 heterocycles. The number of hydrogen-bond acceptors (Lipinski definition) is 6. The number of aromatic nitrogens is 2. The molecular formula is C22H28ClN5O2. The highest BCUT2D eigenvalue weighted by Crippen LogP contribution is 2.42. The molecule has 1 unspecified atom stereocenters. The number of rotatable bonds is 5. The molecule has 2 aromatic rings. The summed E-state index contributed by atoms with van der Waals surface area (Å²) in [5.74, 6) is 1.25. The second-order valence-corrected chi connectivity index (χ2v) is 8.57. The van der Waals surface area contributed by atoms with Crippen molar-refractivity contribution in [3.8, 4) is 0 Å². The Labute approximate surface area is 182 Å². The molecule has 2 N–H and O–H groups in total. The fourth-order valence-electron chi connectivity index (χ4n) is 4.48. The van der Waals surface area contributed by atoms with Crippen molar-refractivity contribution in [3.05, 3.63) is 52.4 Å². The van der Waals surface area contributed by atoms with Gasteiger partial charge in [0.25, 0.3) is 0 Å². The SMILES string of the molecule is CNC(Cc1ccc(Cl)cc1)C(=O)N1CCN(c2ncnc3c2[C@H](C)C[C@H]3O)CC1. The van der Waals surface area contributed by atoms with Crippen LogP contribution in [0.5, 0.6) is 0 Å². The van der Waals surface area contributed by atoms with E-state index < -0.39 is 6.10 Å². The maximum atomic E-state index is 13.1. The molecule has 1 aliphatic heterocycles. The van der Waals surface area contributed by atoms with Crippen LogP contribution in [0, 0.1) is 0 Å². The Bertz CT molecular complexity index is 899. The van der Waals surface area contributed by atoms with Crippen molar-refractivity contribution in [1.29, 1.82) is 0 Å². The first-order chi connectivity index (χ1) is 14.5. The van der Waals surface area contributed by atoms with E-state index in [9.17, 15) is 9.90 Å². The molecule has 4 rings (SSSR count). The van der Waals surface area contributed by atoms with Crippen LogP contribution in [0.2, 0.25) is 5.02 Å². The van der Waals surface area contributed by atoms with Gasteiger partial charge in [-0.05, 0) is 43.5 Å². The van der Waals surface area contributed by atoms with Crippen molar-refractivity contribution in [2.45, 2.75) is 37.8 Å². The molecular weight excluding hydrogens is 402 g/mol. The Hall–Kier alpha value is -2.22. The average molecular weight is 430 g/mol. The quantitative estimate of drug-likeness (QED) is 0.758. The zero-order valence-corrected chi connectivity index (χ0v) is 18.1. The highest BCUT2D eigenvalue weighted by molar-refractivity contribution is 6.30. The van der Waals surface area contributed by atoms with E-state index in [0.29, 0.717) is 31.0 Å². The fourth-order valence-corrected chi connectivity index (χ4v) is 4.61. The van der Waals surface area contributed by atoms with Gasteiger partial charge in [-0.15, -0.1) is 0 Å². The molecule has 3 atom stereocenters. The second kappa shape index (κ2) is 8.88. The van der Waals surface area contributed by atoms with E-state index in [1.165, 1.54) is 6.33 Å². The van der Waals surface area contributed by atoms with Crippen LogP contribution in [0.1, 0.15) is 42.2 Å². The van der Waals surface area contributed by atoms with Crippen molar-refractivity contribution in [3.63, 3.8) is 0 Å². The lowest BCUT2D eigenvalue weighted by Gasteiger charge is -2.37. The number of carbonyl (C=O) groups is 1. The van der Waals surface area contributed by atoms with E-state index in [1.807, 2.05) is 36.2 Å². The monoisotopic (exact) mass is 429 g/mol. The molecule has 0 saturated carbocycles. The number of fused-ring (bicyclic) bond motifs is 1. The summed E-state index contributed by atoms with van der Waals surface area (Å²) in [6, 6.07) is 7.36. The lowest BCUT2D eigenvalue weighted by molar-refractivity contribution is -0.133. The highest BCUT2D eigenvalue weighted by atomic mass is 35.5. The standard InChI is InChI=1S/C22H28ClN5O2/c1-14-11-18(29)20-19(14)21(26-13-25-20)27-7-9-28(10-8-27)22(30)17(24-2)12-15-3-5-16(23)6-4-15/h3-6,13-14,17-18,24,29H,7-12H2,1-2H3/t14-,17?,18-/m1/s1. The van der Waals surface area contributed by atoms with Crippen LogP contribution in [0.15, 0.2) is 30.6 Å².